The standard InChI is InChI=1S/C9H16O/c1-3-5-6-8-9(10)7-4-2/h3,5-6,9-10H,1,4,7-8H2,2H3/b6-5-. The van der Waals surface area contributed by atoms with E-state index < -0.39 is 0 Å². The van der Waals surface area contributed by atoms with E-state index in [2.05, 4.69) is 13.5 Å². The molecule has 0 rings (SSSR count). The van der Waals surface area contributed by atoms with Gasteiger partial charge in [-0.05, 0) is 12.8 Å². The highest BCUT2D eigenvalue weighted by atomic mass is 16.3. The van der Waals surface area contributed by atoms with Crippen LogP contribution in [0.2, 0.25) is 0 Å². The molecule has 58 valence electrons. The Hall–Kier alpha value is -0.560. The minimum atomic E-state index is -0.166. The van der Waals surface area contributed by atoms with Crippen LogP contribution in [0.1, 0.15) is 26.2 Å². The second kappa shape index (κ2) is 6.56. The van der Waals surface area contributed by atoms with Gasteiger partial charge in [-0.15, -0.1) is 0 Å². The van der Waals surface area contributed by atoms with Crippen LogP contribution in [0.15, 0.2) is 24.8 Å². The molecule has 1 unspecified atom stereocenters. The van der Waals surface area contributed by atoms with Gasteiger partial charge in [0.2, 0.25) is 0 Å². The molecule has 1 N–H and O–H groups in total. The molecule has 0 amide bonds. The number of aliphatic hydroxyl groups excluding tert-OH is 1. The Labute approximate surface area is 63.1 Å². The monoisotopic (exact) mass is 140 g/mol. The molecule has 1 atom stereocenters. The molecule has 1 heteroatoms. The van der Waals surface area contributed by atoms with Gasteiger partial charge in [0.25, 0.3) is 0 Å². The fourth-order valence-corrected chi connectivity index (χ4v) is 0.783. The van der Waals surface area contributed by atoms with Crippen LogP contribution in [0, 0.1) is 0 Å². The van der Waals surface area contributed by atoms with Crippen molar-refractivity contribution in [1.29, 1.82) is 0 Å². The molecular weight excluding hydrogens is 124 g/mol. The summed E-state index contributed by atoms with van der Waals surface area (Å²) in [6.07, 6.45) is 8.04. The van der Waals surface area contributed by atoms with Crippen LogP contribution >= 0.6 is 0 Å². The van der Waals surface area contributed by atoms with Gasteiger partial charge in [0.1, 0.15) is 0 Å². The predicted octanol–water partition coefficient (Wildman–Crippen LogP) is 2.28. The topological polar surface area (TPSA) is 20.2 Å². The predicted molar refractivity (Wildman–Crippen MR) is 44.9 cm³/mol. The minimum absolute atomic E-state index is 0.166. The molecule has 0 spiro atoms. The second-order valence-corrected chi connectivity index (χ2v) is 2.34. The molecule has 0 saturated heterocycles. The molecule has 0 aromatic carbocycles. The molecule has 0 aliphatic carbocycles. The van der Waals surface area contributed by atoms with Crippen LogP contribution in [-0.4, -0.2) is 11.2 Å². The lowest BCUT2D eigenvalue weighted by atomic mass is 10.1. The van der Waals surface area contributed by atoms with Gasteiger partial charge in [-0.2, -0.15) is 0 Å². The summed E-state index contributed by atoms with van der Waals surface area (Å²) in [5.74, 6) is 0. The Morgan fingerprint density at radius 3 is 2.80 bits per heavy atom. The largest absolute Gasteiger partial charge is 0.393 e. The first-order chi connectivity index (χ1) is 4.81. The number of aliphatic hydroxyl groups is 1. The third-order valence-electron chi connectivity index (χ3n) is 1.30. The van der Waals surface area contributed by atoms with E-state index in [-0.39, 0.29) is 6.10 Å². The fourth-order valence-electron chi connectivity index (χ4n) is 0.783. The van der Waals surface area contributed by atoms with Gasteiger partial charge in [-0.1, -0.05) is 38.2 Å². The second-order valence-electron chi connectivity index (χ2n) is 2.34. The number of hydrogen-bond donors (Lipinski definition) is 1. The zero-order valence-corrected chi connectivity index (χ0v) is 6.59. The first-order valence-electron chi connectivity index (χ1n) is 3.76. The number of allylic oxidation sites excluding steroid dienone is 2. The molecular formula is C9H16O. The van der Waals surface area contributed by atoms with Crippen LogP contribution < -0.4 is 0 Å². The van der Waals surface area contributed by atoms with Gasteiger partial charge < -0.3 is 5.11 Å². The summed E-state index contributed by atoms with van der Waals surface area (Å²) in [7, 11) is 0. The average molecular weight is 140 g/mol. The summed E-state index contributed by atoms with van der Waals surface area (Å²) in [6.45, 7) is 5.60. The van der Waals surface area contributed by atoms with Crippen molar-refractivity contribution in [3.05, 3.63) is 24.8 Å². The van der Waals surface area contributed by atoms with Gasteiger partial charge in [-0.25, -0.2) is 0 Å². The van der Waals surface area contributed by atoms with E-state index in [0.717, 1.165) is 19.3 Å². The van der Waals surface area contributed by atoms with E-state index in [0.29, 0.717) is 0 Å². The highest BCUT2D eigenvalue weighted by molar-refractivity contribution is 4.97. The molecule has 0 aliphatic rings. The lowest BCUT2D eigenvalue weighted by Gasteiger charge is -2.03. The average Bonchev–Trinajstić information content (AvgIpc) is 1.89. The first-order valence-corrected chi connectivity index (χ1v) is 3.76. The maximum absolute atomic E-state index is 9.19. The lowest BCUT2D eigenvalue weighted by molar-refractivity contribution is 0.167. The van der Waals surface area contributed by atoms with Crippen molar-refractivity contribution in [3.63, 3.8) is 0 Å². The van der Waals surface area contributed by atoms with Crippen LogP contribution in [0.4, 0.5) is 0 Å². The van der Waals surface area contributed by atoms with E-state index in [9.17, 15) is 5.11 Å². The lowest BCUT2D eigenvalue weighted by Crippen LogP contribution is -2.02. The van der Waals surface area contributed by atoms with Gasteiger partial charge in [0.05, 0.1) is 6.10 Å². The summed E-state index contributed by atoms with van der Waals surface area (Å²) in [5, 5.41) is 9.19. The summed E-state index contributed by atoms with van der Waals surface area (Å²) < 4.78 is 0. The Bertz CT molecular complexity index is 105. The molecule has 0 saturated carbocycles. The van der Waals surface area contributed by atoms with E-state index >= 15 is 0 Å². The first kappa shape index (κ1) is 9.44. The van der Waals surface area contributed by atoms with Crippen molar-refractivity contribution in [2.45, 2.75) is 32.3 Å². The Kier molecular flexibility index (Phi) is 6.19. The van der Waals surface area contributed by atoms with Crippen molar-refractivity contribution in [1.82, 2.24) is 0 Å². The van der Waals surface area contributed by atoms with Gasteiger partial charge in [-0.3, -0.25) is 0 Å². The zero-order chi connectivity index (χ0) is 7.82. The fraction of sp³-hybridized carbons (Fsp3) is 0.556. The highest BCUT2D eigenvalue weighted by Crippen LogP contribution is 2.01. The molecule has 0 aliphatic heterocycles. The van der Waals surface area contributed by atoms with Crippen molar-refractivity contribution < 1.29 is 5.11 Å². The van der Waals surface area contributed by atoms with Crippen molar-refractivity contribution in [2.24, 2.45) is 0 Å². The van der Waals surface area contributed by atoms with Crippen molar-refractivity contribution in [3.8, 4) is 0 Å². The highest BCUT2D eigenvalue weighted by Gasteiger charge is 1.96. The minimum Gasteiger partial charge on any atom is -0.393 e. The third-order valence-corrected chi connectivity index (χ3v) is 1.30. The Morgan fingerprint density at radius 1 is 1.60 bits per heavy atom. The van der Waals surface area contributed by atoms with Crippen LogP contribution in [0.5, 0.6) is 0 Å². The molecule has 0 radical (unpaired) electrons. The van der Waals surface area contributed by atoms with E-state index in [1.165, 1.54) is 0 Å². The van der Waals surface area contributed by atoms with E-state index in [1.54, 1.807) is 6.08 Å². The quantitative estimate of drug-likeness (QED) is 0.581. The van der Waals surface area contributed by atoms with Crippen LogP contribution in [0.3, 0.4) is 0 Å². The van der Waals surface area contributed by atoms with Crippen LogP contribution in [0.25, 0.3) is 0 Å². The molecule has 0 aromatic heterocycles. The van der Waals surface area contributed by atoms with Crippen molar-refractivity contribution >= 4 is 0 Å². The van der Waals surface area contributed by atoms with Gasteiger partial charge in [0.15, 0.2) is 0 Å². The van der Waals surface area contributed by atoms with E-state index in [1.807, 2.05) is 12.2 Å². The SMILES string of the molecule is C=C/C=C\CC(O)CCC. The maximum Gasteiger partial charge on any atom is 0.0574 e. The van der Waals surface area contributed by atoms with Gasteiger partial charge in [0, 0.05) is 0 Å². The zero-order valence-electron chi connectivity index (χ0n) is 6.59. The number of rotatable bonds is 5. The number of hydrogen-bond acceptors (Lipinski definition) is 1. The summed E-state index contributed by atoms with van der Waals surface area (Å²) >= 11 is 0. The van der Waals surface area contributed by atoms with Crippen LogP contribution in [-0.2, 0) is 0 Å². The maximum atomic E-state index is 9.19. The van der Waals surface area contributed by atoms with Gasteiger partial charge >= 0.3 is 0 Å². The molecule has 10 heavy (non-hydrogen) atoms. The molecule has 1 nitrogen and oxygen atoms in total. The molecule has 0 bridgehead atoms. The van der Waals surface area contributed by atoms with Crippen molar-refractivity contribution in [2.75, 3.05) is 0 Å². The summed E-state index contributed by atoms with van der Waals surface area (Å²) in [5.41, 5.74) is 0. The molecule has 0 fully saturated rings. The Balaban J connectivity index is 3.28. The smallest absolute Gasteiger partial charge is 0.0574 e. The summed E-state index contributed by atoms with van der Waals surface area (Å²) in [6, 6.07) is 0. The molecule has 0 heterocycles. The Morgan fingerprint density at radius 2 is 2.30 bits per heavy atom. The third kappa shape index (κ3) is 5.57. The molecule has 0 aromatic rings. The summed E-state index contributed by atoms with van der Waals surface area (Å²) in [4.78, 5) is 0. The van der Waals surface area contributed by atoms with E-state index in [4.69, 9.17) is 0 Å². The normalized spacial score (nSPS) is 13.8.